The van der Waals surface area contributed by atoms with Crippen LogP contribution in [0.2, 0.25) is 0 Å². The van der Waals surface area contributed by atoms with E-state index in [9.17, 15) is 9.59 Å². The van der Waals surface area contributed by atoms with Gasteiger partial charge in [0.05, 0.1) is 12.5 Å². The number of para-hydroxylation sites is 1. The summed E-state index contributed by atoms with van der Waals surface area (Å²) in [6, 6.07) is 8.24. The number of hydrogen-bond acceptors (Lipinski definition) is 2. The second-order valence-electron chi connectivity index (χ2n) is 8.49. The van der Waals surface area contributed by atoms with Gasteiger partial charge in [-0.1, -0.05) is 37.5 Å². The van der Waals surface area contributed by atoms with Crippen LogP contribution in [0.15, 0.2) is 30.5 Å². The summed E-state index contributed by atoms with van der Waals surface area (Å²) >= 11 is 0. The Balaban J connectivity index is 1.53. The number of hydrogen-bond donors (Lipinski definition) is 1. The molecule has 2 amide bonds. The van der Waals surface area contributed by atoms with Crippen LogP contribution in [-0.4, -0.2) is 51.3 Å². The molecule has 1 aromatic carbocycles. The first-order valence-electron chi connectivity index (χ1n) is 10.7. The van der Waals surface area contributed by atoms with Crippen molar-refractivity contribution < 1.29 is 9.59 Å². The summed E-state index contributed by atoms with van der Waals surface area (Å²) in [5.41, 5.74) is 2.09. The maximum absolute atomic E-state index is 13.2. The maximum Gasteiger partial charge on any atom is 0.227 e. The van der Waals surface area contributed by atoms with Crippen LogP contribution >= 0.6 is 0 Å². The molecule has 1 aliphatic heterocycles. The minimum atomic E-state index is -0.0246. The lowest BCUT2D eigenvalue weighted by atomic mass is 9.79. The van der Waals surface area contributed by atoms with E-state index in [-0.39, 0.29) is 23.4 Å². The first-order chi connectivity index (χ1) is 13.5. The quantitative estimate of drug-likeness (QED) is 0.874. The van der Waals surface area contributed by atoms with Gasteiger partial charge in [-0.05, 0) is 37.8 Å². The van der Waals surface area contributed by atoms with Crippen molar-refractivity contribution >= 4 is 22.7 Å². The molecule has 0 radical (unpaired) electrons. The predicted octanol–water partition coefficient (Wildman–Crippen LogP) is 3.88. The van der Waals surface area contributed by atoms with Crippen LogP contribution in [0.5, 0.6) is 0 Å². The molecule has 5 heteroatoms. The van der Waals surface area contributed by atoms with Crippen LogP contribution in [-0.2, 0) is 16.0 Å². The number of nitrogens with one attached hydrogen (secondary N) is 1. The topological polar surface area (TPSA) is 56.4 Å². The highest BCUT2D eigenvalue weighted by Gasteiger charge is 2.49. The van der Waals surface area contributed by atoms with Crippen molar-refractivity contribution in [1.82, 2.24) is 14.8 Å². The zero-order valence-electron chi connectivity index (χ0n) is 17.0. The molecule has 1 aliphatic carbocycles. The molecular weight excluding hydrogens is 350 g/mol. The van der Waals surface area contributed by atoms with Gasteiger partial charge in [0.1, 0.15) is 0 Å². The number of carbonyl (C=O) groups is 2. The normalized spacial score (nSPS) is 21.4. The highest BCUT2D eigenvalue weighted by Crippen LogP contribution is 2.43. The first kappa shape index (κ1) is 19.0. The van der Waals surface area contributed by atoms with Crippen LogP contribution in [0.1, 0.15) is 57.9 Å². The summed E-state index contributed by atoms with van der Waals surface area (Å²) in [5.74, 6) is 0.318. The SMILES string of the molecule is CCN(C(=O)Cc1c[nH]c2ccccc12)[C@@H]1CN(C(C)=O)C2(CCCCC2)C1. The molecule has 4 rings (SSSR count). The van der Waals surface area contributed by atoms with Crippen LogP contribution in [0.3, 0.4) is 0 Å². The first-order valence-corrected chi connectivity index (χ1v) is 10.7. The number of benzene rings is 1. The molecule has 1 atom stereocenters. The van der Waals surface area contributed by atoms with Gasteiger partial charge < -0.3 is 14.8 Å². The van der Waals surface area contributed by atoms with Crippen molar-refractivity contribution in [2.45, 2.75) is 70.4 Å². The van der Waals surface area contributed by atoms with Crippen molar-refractivity contribution in [3.05, 3.63) is 36.0 Å². The lowest BCUT2D eigenvalue weighted by Crippen LogP contribution is -2.47. The number of likely N-dealkylation sites (N-methyl/N-ethyl adjacent to an activating group) is 1. The lowest BCUT2D eigenvalue weighted by Gasteiger charge is -2.41. The number of aromatic amines is 1. The van der Waals surface area contributed by atoms with Crippen LogP contribution < -0.4 is 0 Å². The standard InChI is InChI=1S/C23H31N3O2/c1-3-25(22(28)13-18-15-24-21-10-6-5-9-20(18)21)19-14-23(11-7-4-8-12-23)26(16-19)17(2)27/h5-6,9-10,15,19,24H,3-4,7-8,11-14,16H2,1-2H3/t19-/m0/s1. The van der Waals surface area contributed by atoms with E-state index in [0.29, 0.717) is 19.5 Å². The number of likely N-dealkylation sites (tertiary alicyclic amines) is 1. The molecule has 1 spiro atoms. The number of amides is 2. The predicted molar refractivity (Wildman–Crippen MR) is 111 cm³/mol. The van der Waals surface area contributed by atoms with Crippen LogP contribution in [0.25, 0.3) is 10.9 Å². The molecule has 2 aromatic rings. The number of nitrogens with zero attached hydrogens (tertiary/aromatic N) is 2. The van der Waals surface area contributed by atoms with Gasteiger partial charge in [0.2, 0.25) is 11.8 Å². The van der Waals surface area contributed by atoms with E-state index in [1.807, 2.05) is 29.3 Å². The molecule has 2 fully saturated rings. The highest BCUT2D eigenvalue weighted by molar-refractivity contribution is 5.89. The Bertz CT molecular complexity index is 866. The average Bonchev–Trinajstić information content (AvgIpc) is 3.25. The van der Waals surface area contributed by atoms with Gasteiger partial charge in [-0.25, -0.2) is 0 Å². The Hall–Kier alpha value is -2.30. The second-order valence-corrected chi connectivity index (χ2v) is 8.49. The monoisotopic (exact) mass is 381 g/mol. The van der Waals surface area contributed by atoms with Crippen molar-refractivity contribution in [1.29, 1.82) is 0 Å². The van der Waals surface area contributed by atoms with Crippen molar-refractivity contribution in [3.8, 4) is 0 Å². The van der Waals surface area contributed by atoms with E-state index in [1.54, 1.807) is 6.92 Å². The van der Waals surface area contributed by atoms with Gasteiger partial charge in [0.15, 0.2) is 0 Å². The fraction of sp³-hybridized carbons (Fsp3) is 0.565. The summed E-state index contributed by atoms with van der Waals surface area (Å²) in [5, 5.41) is 1.12. The minimum absolute atomic E-state index is 0.0246. The molecule has 1 saturated carbocycles. The summed E-state index contributed by atoms with van der Waals surface area (Å²) in [6.07, 6.45) is 9.08. The molecule has 5 nitrogen and oxygen atoms in total. The Kier molecular flexibility index (Phi) is 5.17. The Morgan fingerprint density at radius 1 is 1.21 bits per heavy atom. The smallest absolute Gasteiger partial charge is 0.227 e. The zero-order valence-corrected chi connectivity index (χ0v) is 17.0. The highest BCUT2D eigenvalue weighted by atomic mass is 16.2. The van der Waals surface area contributed by atoms with Crippen LogP contribution in [0.4, 0.5) is 0 Å². The number of carbonyl (C=O) groups excluding carboxylic acids is 2. The summed E-state index contributed by atoms with van der Waals surface area (Å²) in [6.45, 7) is 5.11. The molecule has 1 N–H and O–H groups in total. The zero-order chi connectivity index (χ0) is 19.7. The van der Waals surface area contributed by atoms with Crippen LogP contribution in [0, 0.1) is 0 Å². The third kappa shape index (κ3) is 3.31. The third-order valence-corrected chi connectivity index (χ3v) is 6.86. The second kappa shape index (κ2) is 7.61. The summed E-state index contributed by atoms with van der Waals surface area (Å²) in [7, 11) is 0. The van der Waals surface area contributed by atoms with E-state index in [0.717, 1.165) is 35.7 Å². The minimum Gasteiger partial charge on any atom is -0.361 e. The van der Waals surface area contributed by atoms with E-state index < -0.39 is 0 Å². The van der Waals surface area contributed by atoms with Crippen molar-refractivity contribution in [2.24, 2.45) is 0 Å². The van der Waals surface area contributed by atoms with Crippen molar-refractivity contribution in [2.75, 3.05) is 13.1 Å². The molecule has 0 bridgehead atoms. The molecule has 0 unspecified atom stereocenters. The number of rotatable bonds is 4. The maximum atomic E-state index is 13.2. The van der Waals surface area contributed by atoms with Gasteiger partial charge >= 0.3 is 0 Å². The largest absolute Gasteiger partial charge is 0.361 e. The van der Waals surface area contributed by atoms with E-state index in [2.05, 4.69) is 22.9 Å². The van der Waals surface area contributed by atoms with Gasteiger partial charge in [-0.2, -0.15) is 0 Å². The average molecular weight is 382 g/mol. The van der Waals surface area contributed by atoms with Gasteiger partial charge in [0, 0.05) is 42.7 Å². The van der Waals surface area contributed by atoms with E-state index >= 15 is 0 Å². The van der Waals surface area contributed by atoms with Gasteiger partial charge in [0.25, 0.3) is 0 Å². The van der Waals surface area contributed by atoms with E-state index in [1.165, 1.54) is 19.3 Å². The third-order valence-electron chi connectivity index (χ3n) is 6.86. The Morgan fingerprint density at radius 3 is 2.68 bits per heavy atom. The Morgan fingerprint density at radius 2 is 1.96 bits per heavy atom. The van der Waals surface area contributed by atoms with Gasteiger partial charge in [-0.15, -0.1) is 0 Å². The number of aromatic nitrogens is 1. The molecule has 2 heterocycles. The molecule has 2 aliphatic rings. The number of H-pyrrole nitrogens is 1. The summed E-state index contributed by atoms with van der Waals surface area (Å²) in [4.78, 5) is 33.0. The lowest BCUT2D eigenvalue weighted by molar-refractivity contribution is -0.135. The van der Waals surface area contributed by atoms with Gasteiger partial charge in [-0.3, -0.25) is 9.59 Å². The molecule has 28 heavy (non-hydrogen) atoms. The summed E-state index contributed by atoms with van der Waals surface area (Å²) < 4.78 is 0. The molecule has 1 aromatic heterocycles. The fourth-order valence-electron chi connectivity index (χ4n) is 5.55. The molecular formula is C23H31N3O2. The van der Waals surface area contributed by atoms with E-state index in [4.69, 9.17) is 0 Å². The Labute approximate surface area is 167 Å². The molecule has 1 saturated heterocycles. The van der Waals surface area contributed by atoms with Crippen molar-refractivity contribution in [3.63, 3.8) is 0 Å². The fourth-order valence-corrected chi connectivity index (χ4v) is 5.55. The number of fused-ring (bicyclic) bond motifs is 1. The molecule has 150 valence electrons.